The molecule has 0 bridgehead atoms. The molecule has 0 atom stereocenters. The molecular weight excluding hydrogens is 330 g/mol. The maximum absolute atomic E-state index is 11.0. The van der Waals surface area contributed by atoms with Crippen molar-refractivity contribution in [1.29, 1.82) is 0 Å². The Balaban J connectivity index is 1.62. The summed E-state index contributed by atoms with van der Waals surface area (Å²) in [6.07, 6.45) is 4.08. The first-order chi connectivity index (χ1) is 12.4. The topological polar surface area (TPSA) is 84.2 Å². The molecule has 1 fully saturated rings. The number of non-ortho nitro benzene ring substituents is 1. The Kier molecular flexibility index (Phi) is 5.35. The minimum absolute atomic E-state index is 0.176. The predicted molar refractivity (Wildman–Crippen MR) is 103 cm³/mol. The first kappa shape index (κ1) is 18.1. The normalized spacial score (nSPS) is 19.8. The van der Waals surface area contributed by atoms with Crippen LogP contribution in [0.4, 0.5) is 17.3 Å². The molecule has 138 valence electrons. The van der Waals surface area contributed by atoms with Gasteiger partial charge in [-0.1, -0.05) is 12.1 Å². The fourth-order valence-corrected chi connectivity index (χ4v) is 3.53. The number of nitrogens with zero attached hydrogens (tertiary/aromatic N) is 4. The van der Waals surface area contributed by atoms with E-state index in [0.29, 0.717) is 12.0 Å². The van der Waals surface area contributed by atoms with Crippen LogP contribution in [-0.2, 0) is 0 Å². The van der Waals surface area contributed by atoms with Gasteiger partial charge in [0.25, 0.3) is 5.69 Å². The highest BCUT2D eigenvalue weighted by molar-refractivity contribution is 5.49. The highest BCUT2D eigenvalue weighted by Gasteiger charge is 2.24. The van der Waals surface area contributed by atoms with Crippen molar-refractivity contribution < 1.29 is 4.92 Å². The van der Waals surface area contributed by atoms with Crippen molar-refractivity contribution in [3.8, 4) is 0 Å². The Hall–Kier alpha value is -2.70. The zero-order chi connectivity index (χ0) is 18.7. The third-order valence-electron chi connectivity index (χ3n) is 4.91. The van der Waals surface area contributed by atoms with Gasteiger partial charge in [-0.3, -0.25) is 10.1 Å². The largest absolute Gasteiger partial charge is 0.367 e. The predicted octanol–water partition coefficient (Wildman–Crippen LogP) is 3.90. The van der Waals surface area contributed by atoms with Crippen molar-refractivity contribution in [1.82, 2.24) is 9.97 Å². The van der Waals surface area contributed by atoms with Crippen LogP contribution in [0.15, 0.2) is 30.3 Å². The zero-order valence-electron chi connectivity index (χ0n) is 15.5. The van der Waals surface area contributed by atoms with E-state index in [1.165, 1.54) is 0 Å². The average molecular weight is 355 g/mol. The van der Waals surface area contributed by atoms with Gasteiger partial charge in [-0.25, -0.2) is 9.97 Å². The molecule has 0 aliphatic heterocycles. The molecule has 0 amide bonds. The highest BCUT2D eigenvalue weighted by Crippen LogP contribution is 2.35. The molecule has 1 aromatic carbocycles. The summed E-state index contributed by atoms with van der Waals surface area (Å²) in [5.74, 6) is 2.90. The van der Waals surface area contributed by atoms with E-state index in [9.17, 15) is 10.1 Å². The molecule has 1 aliphatic carbocycles. The first-order valence-corrected chi connectivity index (χ1v) is 8.96. The number of nitro benzene ring substituents is 1. The van der Waals surface area contributed by atoms with Gasteiger partial charge in [0, 0.05) is 38.3 Å². The standard InChI is InChI=1S/C19H25N5O2/c1-13-20-18(12-19(21-13)23(2)3)22-16-9-7-14(8-10-16)15-5-4-6-17(11-15)24(25)26/h4-6,11-12,14,16H,7-10H2,1-3H3,(H,20,21,22). The molecule has 7 heteroatoms. The minimum atomic E-state index is -0.323. The average Bonchev–Trinajstić information content (AvgIpc) is 2.62. The third-order valence-corrected chi connectivity index (χ3v) is 4.91. The van der Waals surface area contributed by atoms with Crippen LogP contribution in [0.25, 0.3) is 0 Å². The van der Waals surface area contributed by atoms with Crippen LogP contribution in [0.5, 0.6) is 0 Å². The van der Waals surface area contributed by atoms with Gasteiger partial charge in [0.15, 0.2) is 0 Å². The first-order valence-electron chi connectivity index (χ1n) is 8.96. The third kappa shape index (κ3) is 4.28. The maximum Gasteiger partial charge on any atom is 0.269 e. The minimum Gasteiger partial charge on any atom is -0.367 e. The van der Waals surface area contributed by atoms with Crippen LogP contribution in [0.3, 0.4) is 0 Å². The molecule has 0 spiro atoms. The lowest BCUT2D eigenvalue weighted by Gasteiger charge is -2.30. The van der Waals surface area contributed by atoms with Crippen molar-refractivity contribution >= 4 is 17.3 Å². The smallest absolute Gasteiger partial charge is 0.269 e. The Morgan fingerprint density at radius 3 is 2.54 bits per heavy atom. The van der Waals surface area contributed by atoms with Gasteiger partial charge in [-0.15, -0.1) is 0 Å². The molecule has 7 nitrogen and oxygen atoms in total. The fourth-order valence-electron chi connectivity index (χ4n) is 3.53. The summed E-state index contributed by atoms with van der Waals surface area (Å²) >= 11 is 0. The molecule has 1 aromatic heterocycles. The summed E-state index contributed by atoms with van der Waals surface area (Å²) in [7, 11) is 3.94. The lowest BCUT2D eigenvalue weighted by atomic mass is 9.81. The molecule has 1 saturated carbocycles. The number of hydrogen-bond donors (Lipinski definition) is 1. The van der Waals surface area contributed by atoms with Gasteiger partial charge in [-0.05, 0) is 44.1 Å². The number of anilines is 2. The molecule has 1 heterocycles. The molecule has 1 aliphatic rings. The number of rotatable bonds is 5. The number of benzene rings is 1. The van der Waals surface area contributed by atoms with Crippen molar-refractivity contribution in [3.63, 3.8) is 0 Å². The molecule has 2 aromatic rings. The molecule has 1 N–H and O–H groups in total. The van der Waals surface area contributed by atoms with E-state index in [2.05, 4.69) is 15.3 Å². The van der Waals surface area contributed by atoms with E-state index in [4.69, 9.17) is 0 Å². The van der Waals surface area contributed by atoms with Crippen LogP contribution in [0.2, 0.25) is 0 Å². The molecule has 0 unspecified atom stereocenters. The SMILES string of the molecule is Cc1nc(NC2CCC(c3cccc([N+](=O)[O-])c3)CC2)cc(N(C)C)n1. The van der Waals surface area contributed by atoms with Gasteiger partial charge in [-0.2, -0.15) is 0 Å². The number of aryl methyl sites for hydroxylation is 1. The maximum atomic E-state index is 11.0. The van der Waals surface area contributed by atoms with Crippen molar-refractivity contribution in [2.75, 3.05) is 24.3 Å². The second kappa shape index (κ2) is 7.68. The Morgan fingerprint density at radius 1 is 1.15 bits per heavy atom. The molecule has 0 radical (unpaired) electrons. The number of nitrogens with one attached hydrogen (secondary N) is 1. The van der Waals surface area contributed by atoms with E-state index in [0.717, 1.165) is 48.7 Å². The molecular formula is C19H25N5O2. The summed E-state index contributed by atoms with van der Waals surface area (Å²) in [4.78, 5) is 21.5. The van der Waals surface area contributed by atoms with E-state index < -0.39 is 0 Å². The monoisotopic (exact) mass is 355 g/mol. The van der Waals surface area contributed by atoms with E-state index >= 15 is 0 Å². The lowest BCUT2D eigenvalue weighted by Crippen LogP contribution is -2.26. The Labute approximate surface area is 153 Å². The Morgan fingerprint density at radius 2 is 1.88 bits per heavy atom. The second-order valence-electron chi connectivity index (χ2n) is 7.10. The summed E-state index contributed by atoms with van der Waals surface area (Å²) in [6, 6.07) is 9.40. The number of aromatic nitrogens is 2. The molecule has 26 heavy (non-hydrogen) atoms. The summed E-state index contributed by atoms with van der Waals surface area (Å²) in [5.41, 5.74) is 1.25. The Bertz CT molecular complexity index is 785. The van der Waals surface area contributed by atoms with Crippen molar-refractivity contribution in [3.05, 3.63) is 51.8 Å². The van der Waals surface area contributed by atoms with Gasteiger partial charge in [0.05, 0.1) is 4.92 Å². The van der Waals surface area contributed by atoms with Crippen LogP contribution < -0.4 is 10.2 Å². The van der Waals surface area contributed by atoms with Crippen molar-refractivity contribution in [2.24, 2.45) is 0 Å². The highest BCUT2D eigenvalue weighted by atomic mass is 16.6. The van der Waals surface area contributed by atoms with Crippen LogP contribution >= 0.6 is 0 Å². The molecule has 3 rings (SSSR count). The van der Waals surface area contributed by atoms with Crippen LogP contribution in [-0.4, -0.2) is 35.0 Å². The number of hydrogen-bond acceptors (Lipinski definition) is 6. The van der Waals surface area contributed by atoms with Gasteiger partial charge < -0.3 is 10.2 Å². The fraction of sp³-hybridized carbons (Fsp3) is 0.474. The van der Waals surface area contributed by atoms with Gasteiger partial charge in [0.2, 0.25) is 0 Å². The second-order valence-corrected chi connectivity index (χ2v) is 7.10. The van der Waals surface area contributed by atoms with Gasteiger partial charge in [0.1, 0.15) is 17.5 Å². The quantitative estimate of drug-likeness (QED) is 0.647. The lowest BCUT2D eigenvalue weighted by molar-refractivity contribution is -0.384. The van der Waals surface area contributed by atoms with E-state index in [-0.39, 0.29) is 10.6 Å². The zero-order valence-corrected chi connectivity index (χ0v) is 15.5. The molecule has 0 saturated heterocycles. The van der Waals surface area contributed by atoms with Gasteiger partial charge >= 0.3 is 0 Å². The van der Waals surface area contributed by atoms with E-state index in [1.54, 1.807) is 18.2 Å². The number of nitro groups is 1. The van der Waals surface area contributed by atoms with E-state index in [1.807, 2.05) is 38.1 Å². The summed E-state index contributed by atoms with van der Waals surface area (Å²) in [6.45, 7) is 1.90. The van der Waals surface area contributed by atoms with Crippen molar-refractivity contribution in [2.45, 2.75) is 44.6 Å². The summed E-state index contributed by atoms with van der Waals surface area (Å²) < 4.78 is 0. The summed E-state index contributed by atoms with van der Waals surface area (Å²) in [5, 5.41) is 14.5. The van der Waals surface area contributed by atoms with Crippen LogP contribution in [0.1, 0.15) is 43.0 Å². The van der Waals surface area contributed by atoms with Crippen LogP contribution in [0, 0.1) is 17.0 Å².